The van der Waals surface area contributed by atoms with Crippen LogP contribution < -0.4 is 10.1 Å². The molecule has 4 nitrogen and oxygen atoms in total. The molecule has 0 aliphatic rings. The second-order valence-electron chi connectivity index (χ2n) is 6.35. The van der Waals surface area contributed by atoms with Gasteiger partial charge in [-0.2, -0.15) is 0 Å². The number of rotatable bonds is 4. The SMILES string of the molecule is COc1ccc(-c2c(NC(=O)c3ccccc3)n(C)c3ccccc23)cc1. The quantitative estimate of drug-likeness (QED) is 0.552. The van der Waals surface area contributed by atoms with Crippen LogP contribution in [0.5, 0.6) is 5.75 Å². The number of nitrogens with one attached hydrogen (secondary N) is 1. The maximum absolute atomic E-state index is 12.8. The van der Waals surface area contributed by atoms with Gasteiger partial charge in [0, 0.05) is 23.6 Å². The third-order valence-electron chi connectivity index (χ3n) is 4.75. The predicted molar refractivity (Wildman–Crippen MR) is 109 cm³/mol. The summed E-state index contributed by atoms with van der Waals surface area (Å²) in [6.45, 7) is 0. The summed E-state index contributed by atoms with van der Waals surface area (Å²) in [5.41, 5.74) is 3.71. The zero-order valence-corrected chi connectivity index (χ0v) is 15.3. The van der Waals surface area contributed by atoms with E-state index in [0.717, 1.165) is 33.6 Å². The lowest BCUT2D eigenvalue weighted by Crippen LogP contribution is -2.14. The van der Waals surface area contributed by atoms with Gasteiger partial charge in [0.1, 0.15) is 11.6 Å². The van der Waals surface area contributed by atoms with Crippen molar-refractivity contribution in [1.29, 1.82) is 0 Å². The van der Waals surface area contributed by atoms with Crippen LogP contribution in [0, 0.1) is 0 Å². The van der Waals surface area contributed by atoms with Gasteiger partial charge in [-0.3, -0.25) is 4.79 Å². The fraction of sp³-hybridized carbons (Fsp3) is 0.0870. The molecule has 3 aromatic carbocycles. The zero-order chi connectivity index (χ0) is 18.8. The van der Waals surface area contributed by atoms with E-state index in [1.165, 1.54) is 0 Å². The van der Waals surface area contributed by atoms with E-state index >= 15 is 0 Å². The van der Waals surface area contributed by atoms with Crippen molar-refractivity contribution >= 4 is 22.6 Å². The van der Waals surface area contributed by atoms with Crippen LogP contribution in [0.3, 0.4) is 0 Å². The average molecular weight is 356 g/mol. The predicted octanol–water partition coefficient (Wildman–Crippen LogP) is 5.11. The van der Waals surface area contributed by atoms with E-state index < -0.39 is 0 Å². The average Bonchev–Trinajstić information content (AvgIpc) is 3.01. The minimum Gasteiger partial charge on any atom is -0.497 e. The third kappa shape index (κ3) is 3.06. The van der Waals surface area contributed by atoms with Gasteiger partial charge in [0.25, 0.3) is 5.91 Å². The van der Waals surface area contributed by atoms with E-state index in [-0.39, 0.29) is 5.91 Å². The van der Waals surface area contributed by atoms with E-state index in [2.05, 4.69) is 17.4 Å². The van der Waals surface area contributed by atoms with Crippen LogP contribution in [0.2, 0.25) is 0 Å². The van der Waals surface area contributed by atoms with Gasteiger partial charge in [0.05, 0.1) is 12.6 Å². The molecule has 0 fully saturated rings. The first-order valence-corrected chi connectivity index (χ1v) is 8.77. The highest BCUT2D eigenvalue weighted by Crippen LogP contribution is 2.38. The third-order valence-corrected chi connectivity index (χ3v) is 4.75. The number of aromatic nitrogens is 1. The molecule has 0 aliphatic heterocycles. The summed E-state index contributed by atoms with van der Waals surface area (Å²) in [5.74, 6) is 1.44. The Labute approximate surface area is 158 Å². The zero-order valence-electron chi connectivity index (χ0n) is 15.3. The van der Waals surface area contributed by atoms with Crippen LogP contribution in [0.1, 0.15) is 10.4 Å². The Bertz CT molecular complexity index is 1100. The highest BCUT2D eigenvalue weighted by Gasteiger charge is 2.19. The standard InChI is InChI=1S/C23H20N2O2/c1-25-20-11-7-6-10-19(20)21(16-12-14-18(27-2)15-13-16)22(25)24-23(26)17-8-4-3-5-9-17/h3-15H,1-2H3,(H,24,26). The summed E-state index contributed by atoms with van der Waals surface area (Å²) in [6.07, 6.45) is 0. The second-order valence-corrected chi connectivity index (χ2v) is 6.35. The van der Waals surface area contributed by atoms with Gasteiger partial charge in [-0.25, -0.2) is 0 Å². The topological polar surface area (TPSA) is 43.3 Å². The Hall–Kier alpha value is -3.53. The normalized spacial score (nSPS) is 10.7. The van der Waals surface area contributed by atoms with Crippen molar-refractivity contribution in [2.75, 3.05) is 12.4 Å². The number of nitrogens with zero attached hydrogens (tertiary/aromatic N) is 1. The molecule has 1 amide bonds. The van der Waals surface area contributed by atoms with Gasteiger partial charge in [-0.1, -0.05) is 48.5 Å². The summed E-state index contributed by atoms with van der Waals surface area (Å²) >= 11 is 0. The molecule has 0 saturated carbocycles. The van der Waals surface area contributed by atoms with Gasteiger partial charge < -0.3 is 14.6 Å². The minimum absolute atomic E-state index is 0.128. The molecular weight excluding hydrogens is 336 g/mol. The summed E-state index contributed by atoms with van der Waals surface area (Å²) < 4.78 is 7.30. The Balaban J connectivity index is 1.86. The van der Waals surface area contributed by atoms with Gasteiger partial charge in [-0.15, -0.1) is 0 Å². The first-order chi connectivity index (χ1) is 13.2. The van der Waals surface area contributed by atoms with Crippen molar-refractivity contribution in [3.05, 3.63) is 84.4 Å². The summed E-state index contributed by atoms with van der Waals surface area (Å²) in [6, 6.07) is 25.3. The first-order valence-electron chi connectivity index (χ1n) is 8.77. The van der Waals surface area contributed by atoms with Crippen molar-refractivity contribution in [1.82, 2.24) is 4.57 Å². The van der Waals surface area contributed by atoms with Crippen LogP contribution in [-0.2, 0) is 7.05 Å². The number of hydrogen-bond donors (Lipinski definition) is 1. The molecule has 134 valence electrons. The second kappa shape index (κ2) is 7.00. The van der Waals surface area contributed by atoms with E-state index in [1.54, 1.807) is 7.11 Å². The molecular formula is C23H20N2O2. The number of para-hydroxylation sites is 1. The number of hydrogen-bond acceptors (Lipinski definition) is 2. The minimum atomic E-state index is -0.128. The molecule has 4 rings (SSSR count). The summed E-state index contributed by atoms with van der Waals surface area (Å²) in [7, 11) is 3.62. The van der Waals surface area contributed by atoms with E-state index in [9.17, 15) is 4.79 Å². The molecule has 4 heteroatoms. The smallest absolute Gasteiger partial charge is 0.256 e. The molecule has 0 spiro atoms. The monoisotopic (exact) mass is 356 g/mol. The molecule has 0 aliphatic carbocycles. The highest BCUT2D eigenvalue weighted by atomic mass is 16.5. The highest BCUT2D eigenvalue weighted by molar-refractivity contribution is 6.11. The number of benzene rings is 3. The van der Waals surface area contributed by atoms with Crippen molar-refractivity contribution < 1.29 is 9.53 Å². The maximum Gasteiger partial charge on any atom is 0.256 e. The van der Waals surface area contributed by atoms with E-state index in [1.807, 2.05) is 78.3 Å². The molecule has 0 bridgehead atoms. The van der Waals surface area contributed by atoms with Gasteiger partial charge in [-0.05, 0) is 35.9 Å². The first kappa shape index (κ1) is 16.9. The van der Waals surface area contributed by atoms with Gasteiger partial charge >= 0.3 is 0 Å². The number of carbonyl (C=O) groups excluding carboxylic acids is 1. The molecule has 4 aromatic rings. The molecule has 0 radical (unpaired) electrons. The number of fused-ring (bicyclic) bond motifs is 1. The van der Waals surface area contributed by atoms with E-state index in [4.69, 9.17) is 4.74 Å². The van der Waals surface area contributed by atoms with Crippen molar-refractivity contribution in [2.45, 2.75) is 0 Å². The molecule has 0 unspecified atom stereocenters. The van der Waals surface area contributed by atoms with Crippen molar-refractivity contribution in [2.24, 2.45) is 7.05 Å². The van der Waals surface area contributed by atoms with Gasteiger partial charge in [0.2, 0.25) is 0 Å². The van der Waals surface area contributed by atoms with Crippen LogP contribution >= 0.6 is 0 Å². The molecule has 1 N–H and O–H groups in total. The van der Waals surface area contributed by atoms with Gasteiger partial charge in [0.15, 0.2) is 0 Å². The lowest BCUT2D eigenvalue weighted by atomic mass is 10.0. The van der Waals surface area contributed by atoms with Crippen LogP contribution in [0.15, 0.2) is 78.9 Å². The Morgan fingerprint density at radius 3 is 2.26 bits per heavy atom. The van der Waals surface area contributed by atoms with Crippen LogP contribution in [0.25, 0.3) is 22.0 Å². The molecule has 1 heterocycles. The summed E-state index contributed by atoms with van der Waals surface area (Å²) in [5, 5.41) is 4.20. The lowest BCUT2D eigenvalue weighted by Gasteiger charge is -2.11. The fourth-order valence-electron chi connectivity index (χ4n) is 3.36. The largest absolute Gasteiger partial charge is 0.497 e. The lowest BCUT2D eigenvalue weighted by molar-refractivity contribution is 0.102. The summed E-state index contributed by atoms with van der Waals surface area (Å²) in [4.78, 5) is 12.8. The Kier molecular flexibility index (Phi) is 4.38. The number of methoxy groups -OCH3 is 1. The number of amides is 1. The molecule has 0 saturated heterocycles. The van der Waals surface area contributed by atoms with Crippen molar-refractivity contribution in [3.8, 4) is 16.9 Å². The fourth-order valence-corrected chi connectivity index (χ4v) is 3.36. The number of ether oxygens (including phenoxy) is 1. The number of aryl methyl sites for hydroxylation is 1. The van der Waals surface area contributed by atoms with Crippen LogP contribution in [0.4, 0.5) is 5.82 Å². The Morgan fingerprint density at radius 2 is 1.56 bits per heavy atom. The van der Waals surface area contributed by atoms with Crippen molar-refractivity contribution in [3.63, 3.8) is 0 Å². The van der Waals surface area contributed by atoms with E-state index in [0.29, 0.717) is 5.56 Å². The molecule has 27 heavy (non-hydrogen) atoms. The number of carbonyl (C=O) groups is 1. The Morgan fingerprint density at radius 1 is 0.889 bits per heavy atom. The maximum atomic E-state index is 12.8. The molecule has 0 atom stereocenters. The number of anilines is 1. The van der Waals surface area contributed by atoms with Crippen LogP contribution in [-0.4, -0.2) is 17.6 Å². The molecule has 1 aromatic heterocycles.